The van der Waals surface area contributed by atoms with E-state index in [0.29, 0.717) is 24.7 Å². The highest BCUT2D eigenvalue weighted by Crippen LogP contribution is 2.40. The van der Waals surface area contributed by atoms with Crippen molar-refractivity contribution in [2.45, 2.75) is 63.5 Å². The fourth-order valence-corrected chi connectivity index (χ4v) is 5.55. The minimum absolute atomic E-state index is 0.105. The highest BCUT2D eigenvalue weighted by molar-refractivity contribution is 7.99. The molecule has 2 saturated heterocycles. The number of carbonyl (C=O) groups is 2. The lowest BCUT2D eigenvalue weighted by atomic mass is 9.84. The van der Waals surface area contributed by atoms with Crippen LogP contribution in [0.5, 0.6) is 0 Å². The van der Waals surface area contributed by atoms with Crippen LogP contribution < -0.4 is 0 Å². The van der Waals surface area contributed by atoms with Gasteiger partial charge in [0.1, 0.15) is 6.04 Å². The largest absolute Gasteiger partial charge is 0.480 e. The predicted octanol–water partition coefficient (Wildman–Crippen LogP) is 2.76. The zero-order valence-electron chi connectivity index (χ0n) is 12.5. The Kier molecular flexibility index (Phi) is 4.77. The van der Waals surface area contributed by atoms with Crippen LogP contribution in [0.2, 0.25) is 0 Å². The first-order chi connectivity index (χ1) is 10.2. The van der Waals surface area contributed by atoms with Crippen LogP contribution in [0.3, 0.4) is 0 Å². The first kappa shape index (κ1) is 15.2. The van der Waals surface area contributed by atoms with Crippen molar-refractivity contribution in [3.63, 3.8) is 0 Å². The maximum Gasteiger partial charge on any atom is 0.326 e. The molecule has 0 radical (unpaired) electrons. The number of hydrogen-bond acceptors (Lipinski definition) is 3. The van der Waals surface area contributed by atoms with Crippen molar-refractivity contribution < 1.29 is 14.7 Å². The van der Waals surface area contributed by atoms with Gasteiger partial charge in [-0.1, -0.05) is 12.8 Å². The lowest BCUT2D eigenvalue weighted by Crippen LogP contribution is -2.46. The Morgan fingerprint density at radius 3 is 2.52 bits per heavy atom. The Hall–Kier alpha value is -0.710. The summed E-state index contributed by atoms with van der Waals surface area (Å²) in [5, 5.41) is 9.49. The second-order valence-electron chi connectivity index (χ2n) is 6.76. The van der Waals surface area contributed by atoms with Crippen LogP contribution in [-0.4, -0.2) is 45.5 Å². The molecule has 0 unspecified atom stereocenters. The van der Waals surface area contributed by atoms with Crippen LogP contribution in [0.15, 0.2) is 0 Å². The molecule has 0 aromatic rings. The zero-order chi connectivity index (χ0) is 14.8. The van der Waals surface area contributed by atoms with Gasteiger partial charge >= 0.3 is 5.97 Å². The van der Waals surface area contributed by atoms with E-state index < -0.39 is 12.0 Å². The molecule has 3 fully saturated rings. The Labute approximate surface area is 130 Å². The quantitative estimate of drug-likeness (QED) is 0.871. The van der Waals surface area contributed by atoms with Crippen LogP contribution in [0.25, 0.3) is 0 Å². The molecule has 2 aliphatic heterocycles. The maximum absolute atomic E-state index is 12.7. The molecule has 3 atom stereocenters. The summed E-state index contributed by atoms with van der Waals surface area (Å²) >= 11 is 1.96. The molecule has 1 saturated carbocycles. The van der Waals surface area contributed by atoms with Gasteiger partial charge in [-0.05, 0) is 55.4 Å². The number of thioether (sulfide) groups is 1. The SMILES string of the molecule is O=C(O)[C@@H]1C[C@H]2CCCC[C@@H]2N1C(=O)CC1CCSCC1. The highest BCUT2D eigenvalue weighted by Gasteiger charge is 2.47. The molecule has 1 N–H and O–H groups in total. The Bertz CT molecular complexity index is 408. The molecule has 0 aromatic heterocycles. The number of carbonyl (C=O) groups excluding carboxylic acids is 1. The second-order valence-corrected chi connectivity index (χ2v) is 7.99. The molecular formula is C16H25NO3S. The number of hydrogen-bond donors (Lipinski definition) is 1. The third-order valence-electron chi connectivity index (χ3n) is 5.47. The van der Waals surface area contributed by atoms with Crippen molar-refractivity contribution in [1.82, 2.24) is 4.90 Å². The molecule has 3 aliphatic rings. The van der Waals surface area contributed by atoms with Crippen LogP contribution >= 0.6 is 11.8 Å². The first-order valence-electron chi connectivity index (χ1n) is 8.28. The molecule has 21 heavy (non-hydrogen) atoms. The van der Waals surface area contributed by atoms with Crippen molar-refractivity contribution in [2.24, 2.45) is 11.8 Å². The topological polar surface area (TPSA) is 57.6 Å². The molecule has 1 aliphatic carbocycles. The zero-order valence-corrected chi connectivity index (χ0v) is 13.3. The van der Waals surface area contributed by atoms with Gasteiger partial charge in [-0.25, -0.2) is 4.79 Å². The molecule has 118 valence electrons. The van der Waals surface area contributed by atoms with E-state index in [2.05, 4.69) is 0 Å². The van der Waals surface area contributed by atoms with Crippen molar-refractivity contribution in [3.8, 4) is 0 Å². The first-order valence-corrected chi connectivity index (χ1v) is 9.44. The number of amides is 1. The lowest BCUT2D eigenvalue weighted by Gasteiger charge is -2.34. The third-order valence-corrected chi connectivity index (χ3v) is 6.51. The van der Waals surface area contributed by atoms with Gasteiger partial charge in [-0.2, -0.15) is 11.8 Å². The van der Waals surface area contributed by atoms with Crippen molar-refractivity contribution >= 4 is 23.6 Å². The van der Waals surface area contributed by atoms with E-state index in [1.165, 1.54) is 6.42 Å². The summed E-state index contributed by atoms with van der Waals surface area (Å²) in [6.07, 6.45) is 7.87. The van der Waals surface area contributed by atoms with Gasteiger partial charge in [-0.3, -0.25) is 4.79 Å². The van der Waals surface area contributed by atoms with Crippen LogP contribution in [0, 0.1) is 11.8 Å². The molecular weight excluding hydrogens is 286 g/mol. The number of fused-ring (bicyclic) bond motifs is 1. The fourth-order valence-electron chi connectivity index (χ4n) is 4.34. The average Bonchev–Trinajstić information content (AvgIpc) is 2.88. The Balaban J connectivity index is 1.69. The Morgan fingerprint density at radius 2 is 1.81 bits per heavy atom. The van der Waals surface area contributed by atoms with Crippen molar-refractivity contribution in [1.29, 1.82) is 0 Å². The van der Waals surface area contributed by atoms with Crippen molar-refractivity contribution in [3.05, 3.63) is 0 Å². The molecule has 5 heteroatoms. The van der Waals surface area contributed by atoms with Gasteiger partial charge in [-0.15, -0.1) is 0 Å². The molecule has 1 amide bonds. The number of aliphatic carboxylic acids is 1. The maximum atomic E-state index is 12.7. The van der Waals surface area contributed by atoms with E-state index in [4.69, 9.17) is 0 Å². The average molecular weight is 311 g/mol. The summed E-state index contributed by atoms with van der Waals surface area (Å²) in [4.78, 5) is 26.1. The Morgan fingerprint density at radius 1 is 1.10 bits per heavy atom. The minimum atomic E-state index is -0.808. The summed E-state index contributed by atoms with van der Waals surface area (Å²) in [7, 11) is 0. The number of carboxylic acid groups (broad SMARTS) is 1. The minimum Gasteiger partial charge on any atom is -0.480 e. The monoisotopic (exact) mass is 311 g/mol. The van der Waals surface area contributed by atoms with Gasteiger partial charge in [0.05, 0.1) is 0 Å². The van der Waals surface area contributed by atoms with E-state index in [-0.39, 0.29) is 11.9 Å². The molecule has 4 nitrogen and oxygen atoms in total. The smallest absolute Gasteiger partial charge is 0.326 e. The fraction of sp³-hybridized carbons (Fsp3) is 0.875. The van der Waals surface area contributed by atoms with E-state index in [9.17, 15) is 14.7 Å². The van der Waals surface area contributed by atoms with Crippen LogP contribution in [0.4, 0.5) is 0 Å². The van der Waals surface area contributed by atoms with Crippen LogP contribution in [-0.2, 0) is 9.59 Å². The standard InChI is InChI=1S/C16H25NO3S/c18-15(9-11-5-7-21-8-6-11)17-13-4-2-1-3-12(13)10-14(17)16(19)20/h11-14H,1-10H2,(H,19,20)/t12-,13+,14+/m1/s1. The summed E-state index contributed by atoms with van der Waals surface area (Å²) < 4.78 is 0. The summed E-state index contributed by atoms with van der Waals surface area (Å²) in [6, 6.07) is -0.367. The number of nitrogens with zero attached hydrogens (tertiary/aromatic N) is 1. The normalized spacial score (nSPS) is 33.7. The van der Waals surface area contributed by atoms with Crippen molar-refractivity contribution in [2.75, 3.05) is 11.5 Å². The molecule has 2 heterocycles. The lowest BCUT2D eigenvalue weighted by molar-refractivity contribution is -0.150. The third kappa shape index (κ3) is 3.22. The number of carboxylic acids is 1. The van der Waals surface area contributed by atoms with E-state index in [1.807, 2.05) is 11.8 Å². The summed E-state index contributed by atoms with van der Waals surface area (Å²) in [6.45, 7) is 0. The second kappa shape index (κ2) is 6.59. The van der Waals surface area contributed by atoms with E-state index in [0.717, 1.165) is 43.6 Å². The summed E-state index contributed by atoms with van der Waals surface area (Å²) in [5.41, 5.74) is 0. The number of rotatable bonds is 3. The molecule has 0 spiro atoms. The van der Waals surface area contributed by atoms with Gasteiger partial charge in [0.25, 0.3) is 0 Å². The highest BCUT2D eigenvalue weighted by atomic mass is 32.2. The van der Waals surface area contributed by atoms with Gasteiger partial charge in [0, 0.05) is 12.5 Å². The van der Waals surface area contributed by atoms with Gasteiger partial charge in [0.2, 0.25) is 5.91 Å². The molecule has 0 bridgehead atoms. The van der Waals surface area contributed by atoms with Gasteiger partial charge in [0.15, 0.2) is 0 Å². The molecule has 3 rings (SSSR count). The van der Waals surface area contributed by atoms with E-state index >= 15 is 0 Å². The van der Waals surface area contributed by atoms with Crippen LogP contribution in [0.1, 0.15) is 51.4 Å². The van der Waals surface area contributed by atoms with Gasteiger partial charge < -0.3 is 10.0 Å². The van der Waals surface area contributed by atoms with E-state index in [1.54, 1.807) is 4.90 Å². The number of likely N-dealkylation sites (tertiary alicyclic amines) is 1. The molecule has 0 aromatic carbocycles. The predicted molar refractivity (Wildman–Crippen MR) is 83.3 cm³/mol. The summed E-state index contributed by atoms with van der Waals surface area (Å²) in [5.74, 6) is 2.48.